The number of hydrogen-bond acceptors (Lipinski definition) is 3. The molecule has 19 heavy (non-hydrogen) atoms. The van der Waals surface area contributed by atoms with Crippen LogP contribution >= 0.6 is 34.5 Å². The zero-order chi connectivity index (χ0) is 13.8. The zero-order valence-corrected chi connectivity index (χ0v) is 12.6. The Morgan fingerprint density at radius 3 is 2.63 bits per heavy atom. The van der Waals surface area contributed by atoms with E-state index in [1.165, 1.54) is 11.3 Å². The van der Waals surface area contributed by atoms with Crippen molar-refractivity contribution in [3.05, 3.63) is 50.1 Å². The first-order valence-corrected chi connectivity index (χ1v) is 7.42. The smallest absolute Gasteiger partial charge is 0.199 e. The minimum absolute atomic E-state index is 0.167. The molecule has 0 aliphatic carbocycles. The van der Waals surface area contributed by atoms with Crippen molar-refractivity contribution in [1.82, 2.24) is 0 Å². The summed E-state index contributed by atoms with van der Waals surface area (Å²) in [5.74, 6) is 0.410. The summed E-state index contributed by atoms with van der Waals surface area (Å²) in [6, 6.07) is 8.74. The van der Waals surface area contributed by atoms with Gasteiger partial charge in [0.25, 0.3) is 0 Å². The lowest BCUT2D eigenvalue weighted by Crippen LogP contribution is -2.05. The molecule has 0 aliphatic heterocycles. The highest BCUT2D eigenvalue weighted by atomic mass is 35.5. The molecule has 0 amide bonds. The van der Waals surface area contributed by atoms with Crippen molar-refractivity contribution in [2.75, 3.05) is 6.61 Å². The van der Waals surface area contributed by atoms with Crippen LogP contribution in [0.4, 0.5) is 0 Å². The first kappa shape index (κ1) is 14.4. The van der Waals surface area contributed by atoms with Crippen LogP contribution in [0.5, 0.6) is 5.75 Å². The van der Waals surface area contributed by atoms with E-state index in [1.54, 1.807) is 24.3 Å². The van der Waals surface area contributed by atoms with Gasteiger partial charge in [0, 0.05) is 0 Å². The molecule has 5 heteroatoms. The van der Waals surface area contributed by atoms with Crippen molar-refractivity contribution in [3.63, 3.8) is 0 Å². The second-order valence-electron chi connectivity index (χ2n) is 3.91. The molecule has 0 bridgehead atoms. The molecule has 0 saturated heterocycles. The van der Waals surface area contributed by atoms with Gasteiger partial charge in [-0.25, -0.2) is 0 Å². The Morgan fingerprint density at radius 1 is 1.26 bits per heavy atom. The number of rotatable bonds is 5. The molecule has 2 rings (SSSR count). The Morgan fingerprint density at radius 2 is 2.00 bits per heavy atom. The lowest BCUT2D eigenvalue weighted by atomic mass is 10.1. The number of halogens is 2. The average molecular weight is 315 g/mol. The highest BCUT2D eigenvalue weighted by Gasteiger charge is 2.19. The minimum Gasteiger partial charge on any atom is -0.493 e. The van der Waals surface area contributed by atoms with E-state index < -0.39 is 0 Å². The van der Waals surface area contributed by atoms with Gasteiger partial charge in [0.15, 0.2) is 5.78 Å². The third-order valence-electron chi connectivity index (χ3n) is 2.49. The van der Waals surface area contributed by atoms with Crippen LogP contribution in [-0.4, -0.2) is 12.4 Å². The average Bonchev–Trinajstić information content (AvgIpc) is 2.75. The largest absolute Gasteiger partial charge is 0.493 e. The number of benzene rings is 1. The molecule has 0 radical (unpaired) electrons. The highest BCUT2D eigenvalue weighted by molar-refractivity contribution is 7.20. The molecule has 2 nitrogen and oxygen atoms in total. The van der Waals surface area contributed by atoms with Gasteiger partial charge in [0.2, 0.25) is 0 Å². The number of carbonyl (C=O) groups excluding carboxylic acids is 1. The van der Waals surface area contributed by atoms with E-state index in [9.17, 15) is 4.79 Å². The fourth-order valence-electron chi connectivity index (χ4n) is 1.63. The number of para-hydroxylation sites is 1. The molecule has 2 aromatic rings. The lowest BCUT2D eigenvalue weighted by molar-refractivity contribution is 0.103. The third kappa shape index (κ3) is 3.30. The minimum atomic E-state index is -0.167. The number of carbonyl (C=O) groups is 1. The Kier molecular flexibility index (Phi) is 4.86. The van der Waals surface area contributed by atoms with Crippen LogP contribution in [0.15, 0.2) is 30.3 Å². The standard InChI is InChI=1S/C14H12Cl2O2S/c1-2-7-18-11-6-4-3-5-9(11)13(17)10-8-12(15)19-14(10)16/h3-6,8H,2,7H2,1H3. The molecule has 1 heterocycles. The molecule has 0 unspecified atom stereocenters. The van der Waals surface area contributed by atoms with Crippen molar-refractivity contribution in [2.45, 2.75) is 13.3 Å². The quantitative estimate of drug-likeness (QED) is 0.720. The van der Waals surface area contributed by atoms with E-state index in [1.807, 2.05) is 13.0 Å². The summed E-state index contributed by atoms with van der Waals surface area (Å²) in [6.45, 7) is 2.59. The van der Waals surface area contributed by atoms with Crippen LogP contribution in [0.25, 0.3) is 0 Å². The van der Waals surface area contributed by atoms with E-state index >= 15 is 0 Å². The molecular weight excluding hydrogens is 303 g/mol. The molecule has 0 fully saturated rings. The van der Waals surface area contributed by atoms with Crippen LogP contribution in [0.1, 0.15) is 29.3 Å². The summed E-state index contributed by atoms with van der Waals surface area (Å²) in [6.07, 6.45) is 0.883. The summed E-state index contributed by atoms with van der Waals surface area (Å²) in [7, 11) is 0. The van der Waals surface area contributed by atoms with Crippen LogP contribution < -0.4 is 4.74 Å². The van der Waals surface area contributed by atoms with E-state index in [4.69, 9.17) is 27.9 Å². The summed E-state index contributed by atoms with van der Waals surface area (Å²) >= 11 is 13.1. The Bertz CT molecular complexity index is 593. The van der Waals surface area contributed by atoms with Crippen molar-refractivity contribution < 1.29 is 9.53 Å². The van der Waals surface area contributed by atoms with Gasteiger partial charge in [-0.3, -0.25) is 4.79 Å². The van der Waals surface area contributed by atoms with E-state index in [2.05, 4.69) is 0 Å². The fourth-order valence-corrected chi connectivity index (χ4v) is 3.09. The van der Waals surface area contributed by atoms with Crippen LogP contribution in [0.3, 0.4) is 0 Å². The van der Waals surface area contributed by atoms with E-state index in [0.717, 1.165) is 6.42 Å². The van der Waals surface area contributed by atoms with Gasteiger partial charge >= 0.3 is 0 Å². The molecular formula is C14H12Cl2O2S. The first-order chi connectivity index (χ1) is 9.13. The van der Waals surface area contributed by atoms with Gasteiger partial charge < -0.3 is 4.74 Å². The molecule has 1 aromatic carbocycles. The van der Waals surface area contributed by atoms with E-state index in [0.29, 0.717) is 32.2 Å². The maximum Gasteiger partial charge on any atom is 0.199 e. The second kappa shape index (κ2) is 6.42. The van der Waals surface area contributed by atoms with Crippen molar-refractivity contribution in [1.29, 1.82) is 0 Å². The Hall–Kier alpha value is -1.03. The topological polar surface area (TPSA) is 26.3 Å². The van der Waals surface area contributed by atoms with E-state index in [-0.39, 0.29) is 5.78 Å². The third-order valence-corrected chi connectivity index (χ3v) is 3.98. The van der Waals surface area contributed by atoms with Crippen molar-refractivity contribution >= 4 is 40.3 Å². The molecule has 0 aliphatic rings. The molecule has 0 N–H and O–H groups in total. The fraction of sp³-hybridized carbons (Fsp3) is 0.214. The normalized spacial score (nSPS) is 10.5. The summed E-state index contributed by atoms with van der Waals surface area (Å²) in [5, 5.41) is 0. The second-order valence-corrected chi connectivity index (χ2v) is 6.20. The van der Waals surface area contributed by atoms with Crippen molar-refractivity contribution in [2.24, 2.45) is 0 Å². The summed E-state index contributed by atoms with van der Waals surface area (Å²) in [5.41, 5.74) is 0.927. The van der Waals surface area contributed by atoms with Crippen LogP contribution in [0.2, 0.25) is 8.67 Å². The molecule has 100 valence electrons. The molecule has 0 atom stereocenters. The molecule has 0 saturated carbocycles. The zero-order valence-electron chi connectivity index (χ0n) is 10.3. The molecule has 1 aromatic heterocycles. The Labute approximate surface area is 125 Å². The van der Waals surface area contributed by atoms with Crippen molar-refractivity contribution in [3.8, 4) is 5.75 Å². The molecule has 0 spiro atoms. The SMILES string of the molecule is CCCOc1ccccc1C(=O)c1cc(Cl)sc1Cl. The monoisotopic (exact) mass is 314 g/mol. The number of hydrogen-bond donors (Lipinski definition) is 0. The number of ether oxygens (including phenoxy) is 1. The van der Waals surface area contributed by atoms with Crippen LogP contribution in [-0.2, 0) is 0 Å². The predicted molar refractivity (Wildman–Crippen MR) is 80.0 cm³/mol. The van der Waals surface area contributed by atoms with Gasteiger partial charge in [0.1, 0.15) is 10.1 Å². The summed E-state index contributed by atoms with van der Waals surface area (Å²) in [4.78, 5) is 12.4. The van der Waals surface area contributed by atoms with Gasteiger partial charge in [-0.2, -0.15) is 0 Å². The highest BCUT2D eigenvalue weighted by Crippen LogP contribution is 2.34. The maximum absolute atomic E-state index is 12.4. The number of thiophene rings is 1. The van der Waals surface area contributed by atoms with Gasteiger partial charge in [0.05, 0.1) is 22.1 Å². The van der Waals surface area contributed by atoms with Gasteiger partial charge in [-0.1, -0.05) is 42.3 Å². The Balaban J connectivity index is 2.36. The van der Waals surface area contributed by atoms with Gasteiger partial charge in [-0.05, 0) is 24.6 Å². The van der Waals surface area contributed by atoms with Crippen LogP contribution in [0, 0.1) is 0 Å². The summed E-state index contributed by atoms with van der Waals surface area (Å²) < 4.78 is 6.49. The van der Waals surface area contributed by atoms with Gasteiger partial charge in [-0.15, -0.1) is 11.3 Å². The maximum atomic E-state index is 12.4. The lowest BCUT2D eigenvalue weighted by Gasteiger charge is -2.09. The number of ketones is 1. The first-order valence-electron chi connectivity index (χ1n) is 5.84. The predicted octanol–water partition coefficient (Wildman–Crippen LogP) is 5.07.